The van der Waals surface area contributed by atoms with Crippen LogP contribution in [0.5, 0.6) is 0 Å². The van der Waals surface area contributed by atoms with Crippen LogP contribution in [0.1, 0.15) is 29.9 Å². The highest BCUT2D eigenvalue weighted by molar-refractivity contribution is 7.91. The molecule has 8 heteroatoms. The zero-order valence-electron chi connectivity index (χ0n) is 17.5. The van der Waals surface area contributed by atoms with Crippen LogP contribution in [0.15, 0.2) is 82.7 Å². The van der Waals surface area contributed by atoms with Crippen molar-refractivity contribution >= 4 is 21.4 Å². The Morgan fingerprint density at radius 2 is 1.69 bits per heavy atom. The van der Waals surface area contributed by atoms with Gasteiger partial charge in [-0.3, -0.25) is 0 Å². The van der Waals surface area contributed by atoms with E-state index in [2.05, 4.69) is 39.7 Å². The summed E-state index contributed by atoms with van der Waals surface area (Å²) in [7, 11) is -3.61. The largest absolute Gasteiger partial charge is 0.381 e. The lowest BCUT2D eigenvalue weighted by molar-refractivity contribution is 0.0853. The van der Waals surface area contributed by atoms with Crippen molar-refractivity contribution in [2.45, 2.75) is 35.1 Å². The average Bonchev–Trinajstić information content (AvgIpc) is 3.26. The molecule has 164 valence electrons. The van der Waals surface area contributed by atoms with Crippen LogP contribution in [0.4, 0.5) is 5.95 Å². The van der Waals surface area contributed by atoms with Gasteiger partial charge in [0.25, 0.3) is 0 Å². The predicted molar refractivity (Wildman–Crippen MR) is 121 cm³/mol. The molecule has 0 bridgehead atoms. The van der Waals surface area contributed by atoms with Gasteiger partial charge in [0.15, 0.2) is 5.65 Å². The summed E-state index contributed by atoms with van der Waals surface area (Å²) in [6.07, 6.45) is 3.65. The molecule has 3 heterocycles. The highest BCUT2D eigenvalue weighted by atomic mass is 32.2. The first-order chi connectivity index (χ1) is 15.6. The van der Waals surface area contributed by atoms with Crippen LogP contribution < -0.4 is 5.32 Å². The van der Waals surface area contributed by atoms with Crippen LogP contribution in [-0.4, -0.2) is 36.2 Å². The smallest absolute Gasteiger partial charge is 0.243 e. The number of hydrogen-bond donors (Lipinski definition) is 1. The number of pyridine rings is 1. The number of nitrogens with one attached hydrogen (secondary N) is 1. The molecule has 0 atom stereocenters. The zero-order valence-corrected chi connectivity index (χ0v) is 18.3. The van der Waals surface area contributed by atoms with Gasteiger partial charge in [-0.2, -0.15) is 4.98 Å². The summed E-state index contributed by atoms with van der Waals surface area (Å²) in [4.78, 5) is 4.88. The summed E-state index contributed by atoms with van der Waals surface area (Å²) in [5.41, 5.74) is 3.07. The minimum Gasteiger partial charge on any atom is -0.381 e. The van der Waals surface area contributed by atoms with Crippen LogP contribution in [0.3, 0.4) is 0 Å². The Balaban J connectivity index is 1.29. The average molecular weight is 449 g/mol. The summed E-state index contributed by atoms with van der Waals surface area (Å²) in [5, 5.41) is 7.63. The second kappa shape index (κ2) is 8.72. The van der Waals surface area contributed by atoms with Gasteiger partial charge < -0.3 is 10.1 Å². The maximum absolute atomic E-state index is 12.9. The second-order valence-electron chi connectivity index (χ2n) is 7.90. The van der Waals surface area contributed by atoms with Gasteiger partial charge in [0, 0.05) is 19.8 Å². The number of hydrogen-bond acceptors (Lipinski definition) is 6. The number of fused-ring (bicyclic) bond motifs is 1. The molecule has 4 aromatic rings. The summed E-state index contributed by atoms with van der Waals surface area (Å²) in [6, 6.07) is 20.2. The van der Waals surface area contributed by atoms with Crippen LogP contribution in [-0.2, 0) is 21.1 Å². The number of anilines is 1. The fourth-order valence-corrected chi connectivity index (χ4v) is 5.23. The number of ether oxygens (including phenoxy) is 1. The molecule has 5 rings (SSSR count). The van der Waals surface area contributed by atoms with Gasteiger partial charge in [-0.15, -0.1) is 5.10 Å². The first-order valence-corrected chi connectivity index (χ1v) is 12.1. The summed E-state index contributed by atoms with van der Waals surface area (Å²) < 4.78 is 32.6. The second-order valence-corrected chi connectivity index (χ2v) is 9.85. The zero-order chi connectivity index (χ0) is 22.0. The minimum absolute atomic E-state index is 0.177. The summed E-state index contributed by atoms with van der Waals surface area (Å²) >= 11 is 0. The first-order valence-electron chi connectivity index (χ1n) is 10.7. The van der Waals surface area contributed by atoms with E-state index in [0.717, 1.165) is 31.6 Å². The number of aromatic nitrogens is 3. The van der Waals surface area contributed by atoms with Crippen LogP contribution >= 0.6 is 0 Å². The van der Waals surface area contributed by atoms with E-state index in [0.29, 0.717) is 24.1 Å². The topological polar surface area (TPSA) is 85.6 Å². The molecule has 1 aliphatic rings. The highest BCUT2D eigenvalue weighted by Crippen LogP contribution is 2.27. The van der Waals surface area contributed by atoms with E-state index >= 15 is 0 Å². The fraction of sp³-hybridized carbons (Fsp3) is 0.250. The van der Waals surface area contributed by atoms with Crippen molar-refractivity contribution in [2.24, 2.45) is 0 Å². The number of benzene rings is 2. The van der Waals surface area contributed by atoms with Crippen molar-refractivity contribution in [3.8, 4) is 0 Å². The SMILES string of the molecule is O=S(=O)(c1ccccc1)c1ccc2nc(NCc3ccc(C4CCOCC4)cc3)nn2c1. The maximum Gasteiger partial charge on any atom is 0.243 e. The fourth-order valence-electron chi connectivity index (χ4n) is 3.95. The molecule has 2 aromatic carbocycles. The molecule has 0 radical (unpaired) electrons. The van der Waals surface area contributed by atoms with Gasteiger partial charge in [-0.05, 0) is 54.2 Å². The quantitative estimate of drug-likeness (QED) is 0.479. The molecule has 0 spiro atoms. The molecule has 1 saturated heterocycles. The van der Waals surface area contributed by atoms with Crippen molar-refractivity contribution in [1.29, 1.82) is 0 Å². The molecule has 1 N–H and O–H groups in total. The third kappa shape index (κ3) is 4.24. The Hall–Kier alpha value is -3.23. The molecule has 0 amide bonds. The van der Waals surface area contributed by atoms with Crippen molar-refractivity contribution in [3.05, 3.63) is 84.1 Å². The predicted octanol–water partition coefficient (Wildman–Crippen LogP) is 4.07. The molecular weight excluding hydrogens is 424 g/mol. The van der Waals surface area contributed by atoms with Crippen molar-refractivity contribution in [3.63, 3.8) is 0 Å². The molecule has 32 heavy (non-hydrogen) atoms. The van der Waals surface area contributed by atoms with Gasteiger partial charge >= 0.3 is 0 Å². The minimum atomic E-state index is -3.61. The molecule has 1 fully saturated rings. The van der Waals surface area contributed by atoms with Gasteiger partial charge in [0.2, 0.25) is 15.8 Å². The Morgan fingerprint density at radius 3 is 2.44 bits per heavy atom. The van der Waals surface area contributed by atoms with E-state index in [-0.39, 0.29) is 9.79 Å². The third-order valence-corrected chi connectivity index (χ3v) is 7.55. The van der Waals surface area contributed by atoms with Gasteiger partial charge in [0.05, 0.1) is 16.0 Å². The third-order valence-electron chi connectivity index (χ3n) is 5.79. The Labute approximate surface area is 187 Å². The lowest BCUT2D eigenvalue weighted by atomic mass is 9.91. The Bertz CT molecular complexity index is 1310. The lowest BCUT2D eigenvalue weighted by Crippen LogP contribution is -2.14. The molecule has 0 saturated carbocycles. The summed E-state index contributed by atoms with van der Waals surface area (Å²) in [6.45, 7) is 2.25. The molecule has 0 aliphatic carbocycles. The van der Waals surface area contributed by atoms with E-state index < -0.39 is 9.84 Å². The molecule has 0 unspecified atom stereocenters. The van der Waals surface area contributed by atoms with Crippen LogP contribution in [0, 0.1) is 0 Å². The molecule has 1 aliphatic heterocycles. The number of sulfone groups is 1. The van der Waals surface area contributed by atoms with Gasteiger partial charge in [0.1, 0.15) is 0 Å². The monoisotopic (exact) mass is 448 g/mol. The number of rotatable bonds is 6. The van der Waals surface area contributed by atoms with Crippen LogP contribution in [0.2, 0.25) is 0 Å². The van der Waals surface area contributed by atoms with E-state index in [9.17, 15) is 8.42 Å². The first kappa shape index (κ1) is 20.7. The molecule has 7 nitrogen and oxygen atoms in total. The van der Waals surface area contributed by atoms with Gasteiger partial charge in [-0.25, -0.2) is 12.9 Å². The van der Waals surface area contributed by atoms with Gasteiger partial charge in [-0.1, -0.05) is 42.5 Å². The van der Waals surface area contributed by atoms with E-state index in [1.807, 2.05) is 0 Å². The van der Waals surface area contributed by atoms with E-state index in [4.69, 9.17) is 4.74 Å². The lowest BCUT2D eigenvalue weighted by Gasteiger charge is -2.22. The normalized spacial score (nSPS) is 15.1. The maximum atomic E-state index is 12.9. The standard InChI is InChI=1S/C24H24N4O3S/c29-32(30,21-4-2-1-3-5-21)22-10-11-23-26-24(27-28(23)17-22)25-16-18-6-8-19(9-7-18)20-12-14-31-15-13-20/h1-11,17,20H,12-16H2,(H,25,27). The highest BCUT2D eigenvalue weighted by Gasteiger charge is 2.19. The van der Waals surface area contributed by atoms with Crippen molar-refractivity contribution in [2.75, 3.05) is 18.5 Å². The van der Waals surface area contributed by atoms with Crippen LogP contribution in [0.25, 0.3) is 5.65 Å². The molecular formula is C24H24N4O3S. The Morgan fingerprint density at radius 1 is 0.938 bits per heavy atom. The van der Waals surface area contributed by atoms with Crippen molar-refractivity contribution in [1.82, 2.24) is 14.6 Å². The van der Waals surface area contributed by atoms with E-state index in [1.165, 1.54) is 16.3 Å². The van der Waals surface area contributed by atoms with Crippen molar-refractivity contribution < 1.29 is 13.2 Å². The molecule has 2 aromatic heterocycles. The van der Waals surface area contributed by atoms with E-state index in [1.54, 1.807) is 42.5 Å². The number of nitrogens with zero attached hydrogens (tertiary/aromatic N) is 3. The Kier molecular flexibility index (Phi) is 5.63. The summed E-state index contributed by atoms with van der Waals surface area (Å²) in [5.74, 6) is 1.03.